The van der Waals surface area contributed by atoms with E-state index in [0.717, 1.165) is 51.0 Å². The molecule has 3 heterocycles. The molecule has 0 unspecified atom stereocenters. The standard InChI is InChI=1S/C22H20N4.ClH/c1-3-19-16(8-10-21(23)25-19)17-6-4-5-15-7-9-20(26-22(15)17)18-13-24-12-11-14(18)2;/h4-13H,3H2,1-2H3,(H2,23,25);1H. The largest absolute Gasteiger partial charge is 0.384 e. The Labute approximate surface area is 164 Å². The lowest BCUT2D eigenvalue weighted by atomic mass is 9.98. The number of nitrogen functional groups attached to an aromatic ring is 1. The van der Waals surface area contributed by atoms with Gasteiger partial charge in [-0.25, -0.2) is 9.97 Å². The average molecular weight is 377 g/mol. The van der Waals surface area contributed by atoms with Crippen LogP contribution in [0.3, 0.4) is 0 Å². The Balaban J connectivity index is 0.00000210. The van der Waals surface area contributed by atoms with E-state index < -0.39 is 0 Å². The molecule has 4 rings (SSSR count). The van der Waals surface area contributed by atoms with Crippen LogP contribution in [0.5, 0.6) is 0 Å². The molecule has 0 aliphatic heterocycles. The van der Waals surface area contributed by atoms with Crippen molar-refractivity contribution in [2.45, 2.75) is 20.3 Å². The zero-order valence-corrected chi connectivity index (χ0v) is 16.1. The van der Waals surface area contributed by atoms with Gasteiger partial charge in [-0.3, -0.25) is 4.98 Å². The van der Waals surface area contributed by atoms with E-state index in [1.54, 1.807) is 6.20 Å². The van der Waals surface area contributed by atoms with Crippen LogP contribution in [0.25, 0.3) is 33.3 Å². The van der Waals surface area contributed by atoms with Gasteiger partial charge in [0.25, 0.3) is 0 Å². The van der Waals surface area contributed by atoms with Gasteiger partial charge in [-0.2, -0.15) is 0 Å². The Morgan fingerprint density at radius 3 is 2.52 bits per heavy atom. The number of pyridine rings is 3. The van der Waals surface area contributed by atoms with Gasteiger partial charge >= 0.3 is 0 Å². The number of halogens is 1. The first-order chi connectivity index (χ1) is 12.7. The van der Waals surface area contributed by atoms with Crippen molar-refractivity contribution < 1.29 is 0 Å². The van der Waals surface area contributed by atoms with Crippen molar-refractivity contribution in [3.8, 4) is 22.4 Å². The third-order valence-electron chi connectivity index (χ3n) is 4.66. The van der Waals surface area contributed by atoms with E-state index in [2.05, 4.69) is 54.1 Å². The minimum Gasteiger partial charge on any atom is -0.384 e. The molecular weight excluding hydrogens is 356 g/mol. The smallest absolute Gasteiger partial charge is 0.123 e. The highest BCUT2D eigenvalue weighted by Gasteiger charge is 2.12. The molecule has 0 bridgehead atoms. The molecule has 4 nitrogen and oxygen atoms in total. The Hall–Kier alpha value is -2.98. The molecule has 0 spiro atoms. The highest BCUT2D eigenvalue weighted by Crippen LogP contribution is 2.32. The molecule has 0 amide bonds. The number of fused-ring (bicyclic) bond motifs is 1. The highest BCUT2D eigenvalue weighted by atomic mass is 35.5. The quantitative estimate of drug-likeness (QED) is 0.531. The number of nitrogens with zero attached hydrogens (tertiary/aromatic N) is 3. The first-order valence-electron chi connectivity index (χ1n) is 8.74. The van der Waals surface area contributed by atoms with Crippen molar-refractivity contribution >= 4 is 29.1 Å². The monoisotopic (exact) mass is 376 g/mol. The maximum absolute atomic E-state index is 5.88. The Morgan fingerprint density at radius 2 is 1.74 bits per heavy atom. The van der Waals surface area contributed by atoms with E-state index in [1.165, 1.54) is 0 Å². The van der Waals surface area contributed by atoms with Crippen molar-refractivity contribution in [1.29, 1.82) is 0 Å². The number of hydrogen-bond acceptors (Lipinski definition) is 4. The van der Waals surface area contributed by atoms with Gasteiger partial charge in [-0.15, -0.1) is 12.4 Å². The topological polar surface area (TPSA) is 64.7 Å². The predicted octanol–water partition coefficient (Wildman–Crippen LogP) is 5.23. The summed E-state index contributed by atoms with van der Waals surface area (Å²) in [7, 11) is 0. The molecule has 0 atom stereocenters. The fourth-order valence-electron chi connectivity index (χ4n) is 3.28. The zero-order chi connectivity index (χ0) is 18.1. The highest BCUT2D eigenvalue weighted by molar-refractivity contribution is 5.95. The molecule has 0 aliphatic carbocycles. The number of para-hydroxylation sites is 1. The molecule has 27 heavy (non-hydrogen) atoms. The first kappa shape index (κ1) is 18.8. The number of rotatable bonds is 3. The molecule has 0 saturated heterocycles. The van der Waals surface area contributed by atoms with Crippen LogP contribution in [0.1, 0.15) is 18.2 Å². The van der Waals surface area contributed by atoms with Crippen molar-refractivity contribution in [2.75, 3.05) is 5.73 Å². The molecule has 4 aromatic rings. The summed E-state index contributed by atoms with van der Waals surface area (Å²) >= 11 is 0. The van der Waals surface area contributed by atoms with Gasteiger partial charge in [-0.05, 0) is 43.2 Å². The number of aromatic nitrogens is 3. The van der Waals surface area contributed by atoms with Crippen molar-refractivity contribution in [1.82, 2.24) is 15.0 Å². The van der Waals surface area contributed by atoms with Crippen LogP contribution in [0, 0.1) is 6.92 Å². The maximum Gasteiger partial charge on any atom is 0.123 e. The predicted molar refractivity (Wildman–Crippen MR) is 114 cm³/mol. The fourth-order valence-corrected chi connectivity index (χ4v) is 3.28. The summed E-state index contributed by atoms with van der Waals surface area (Å²) in [5, 5.41) is 1.10. The summed E-state index contributed by atoms with van der Waals surface area (Å²) in [6, 6.07) is 16.3. The van der Waals surface area contributed by atoms with Gasteiger partial charge in [0, 0.05) is 34.5 Å². The second-order valence-corrected chi connectivity index (χ2v) is 6.35. The van der Waals surface area contributed by atoms with Gasteiger partial charge in [0.05, 0.1) is 16.9 Å². The molecule has 0 radical (unpaired) electrons. The van der Waals surface area contributed by atoms with E-state index in [-0.39, 0.29) is 12.4 Å². The van der Waals surface area contributed by atoms with Crippen molar-refractivity contribution in [3.05, 3.63) is 72.2 Å². The molecule has 0 saturated carbocycles. The number of hydrogen-bond donors (Lipinski definition) is 1. The van der Waals surface area contributed by atoms with Gasteiger partial charge in [0.15, 0.2) is 0 Å². The lowest BCUT2D eigenvalue weighted by Gasteiger charge is -2.12. The first-order valence-corrected chi connectivity index (χ1v) is 8.74. The van der Waals surface area contributed by atoms with Crippen LogP contribution in [0.2, 0.25) is 0 Å². The third-order valence-corrected chi connectivity index (χ3v) is 4.66. The number of aryl methyl sites for hydroxylation is 2. The number of benzene rings is 1. The molecule has 3 aromatic heterocycles. The molecular formula is C22H21ClN4. The molecule has 1 aromatic carbocycles. The average Bonchev–Trinajstić information content (AvgIpc) is 2.67. The van der Waals surface area contributed by atoms with Crippen molar-refractivity contribution in [2.24, 2.45) is 0 Å². The van der Waals surface area contributed by atoms with Crippen molar-refractivity contribution in [3.63, 3.8) is 0 Å². The van der Waals surface area contributed by atoms with Gasteiger partial charge < -0.3 is 5.73 Å². The molecule has 0 aliphatic rings. The van der Waals surface area contributed by atoms with Crippen LogP contribution >= 0.6 is 12.4 Å². The van der Waals surface area contributed by atoms with Gasteiger partial charge in [0.1, 0.15) is 5.82 Å². The summed E-state index contributed by atoms with van der Waals surface area (Å²) in [5.41, 5.74) is 13.1. The summed E-state index contributed by atoms with van der Waals surface area (Å²) in [5.74, 6) is 0.547. The normalized spacial score (nSPS) is 10.6. The molecule has 5 heteroatoms. The summed E-state index contributed by atoms with van der Waals surface area (Å²) in [4.78, 5) is 13.7. The number of nitrogens with two attached hydrogens (primary N) is 1. The van der Waals surface area contributed by atoms with E-state index in [9.17, 15) is 0 Å². The van der Waals surface area contributed by atoms with Crippen LogP contribution in [-0.2, 0) is 6.42 Å². The minimum atomic E-state index is 0. The molecule has 0 fully saturated rings. The Bertz CT molecular complexity index is 1110. The second kappa shape index (κ2) is 7.72. The zero-order valence-electron chi connectivity index (χ0n) is 15.3. The molecule has 2 N–H and O–H groups in total. The number of anilines is 1. The Morgan fingerprint density at radius 1 is 0.889 bits per heavy atom. The van der Waals surface area contributed by atoms with Crippen LogP contribution in [0.4, 0.5) is 5.82 Å². The van der Waals surface area contributed by atoms with E-state index in [0.29, 0.717) is 5.82 Å². The molecule has 136 valence electrons. The second-order valence-electron chi connectivity index (χ2n) is 6.35. The maximum atomic E-state index is 5.88. The summed E-state index contributed by atoms with van der Waals surface area (Å²) in [6.07, 6.45) is 4.49. The van der Waals surface area contributed by atoms with E-state index in [1.807, 2.05) is 24.4 Å². The Kier molecular flexibility index (Phi) is 5.38. The van der Waals surface area contributed by atoms with Crippen LogP contribution in [0.15, 0.2) is 60.9 Å². The van der Waals surface area contributed by atoms with E-state index >= 15 is 0 Å². The lowest BCUT2D eigenvalue weighted by Crippen LogP contribution is -1.98. The minimum absolute atomic E-state index is 0. The SMILES string of the molecule is CCc1nc(N)ccc1-c1cccc2ccc(-c3cnccc3C)nc12.Cl. The fraction of sp³-hybridized carbons (Fsp3) is 0.136. The van der Waals surface area contributed by atoms with Crippen LogP contribution in [-0.4, -0.2) is 15.0 Å². The van der Waals surface area contributed by atoms with E-state index in [4.69, 9.17) is 10.7 Å². The summed E-state index contributed by atoms with van der Waals surface area (Å²) < 4.78 is 0. The van der Waals surface area contributed by atoms with Gasteiger partial charge in [0.2, 0.25) is 0 Å². The third kappa shape index (κ3) is 3.49. The lowest BCUT2D eigenvalue weighted by molar-refractivity contribution is 1.05. The van der Waals surface area contributed by atoms with Crippen LogP contribution < -0.4 is 5.73 Å². The van der Waals surface area contributed by atoms with Gasteiger partial charge in [-0.1, -0.05) is 31.2 Å². The summed E-state index contributed by atoms with van der Waals surface area (Å²) in [6.45, 7) is 4.17.